The number of nitrogens with one attached hydrogen (secondary N) is 1. The summed E-state index contributed by atoms with van der Waals surface area (Å²) in [5, 5.41) is 11.9. The quantitative estimate of drug-likeness (QED) is 0.273. The molecule has 37 heavy (non-hydrogen) atoms. The highest BCUT2D eigenvalue weighted by atomic mass is 16.4. The molecule has 8 nitrogen and oxygen atoms in total. The second-order valence-corrected chi connectivity index (χ2v) is 9.13. The summed E-state index contributed by atoms with van der Waals surface area (Å²) in [4.78, 5) is 42.6. The van der Waals surface area contributed by atoms with Gasteiger partial charge in [-0.15, -0.1) is 0 Å². The van der Waals surface area contributed by atoms with Crippen molar-refractivity contribution in [2.75, 3.05) is 6.54 Å². The van der Waals surface area contributed by atoms with Gasteiger partial charge in [0.05, 0.1) is 17.5 Å². The highest BCUT2D eigenvalue weighted by molar-refractivity contribution is 6.13. The number of hydrogen-bond acceptors (Lipinski definition) is 4. The second-order valence-electron chi connectivity index (χ2n) is 9.13. The molecule has 0 atom stereocenters. The van der Waals surface area contributed by atoms with Crippen molar-refractivity contribution in [1.29, 1.82) is 0 Å². The van der Waals surface area contributed by atoms with Crippen LogP contribution in [0.4, 0.5) is 4.79 Å². The molecule has 0 radical (unpaired) electrons. The van der Waals surface area contributed by atoms with Crippen LogP contribution in [0.15, 0.2) is 60.4 Å². The molecule has 0 unspecified atom stereocenters. The van der Waals surface area contributed by atoms with Crippen LogP contribution >= 0.6 is 0 Å². The number of carboxylic acid groups (broad SMARTS) is 1. The summed E-state index contributed by atoms with van der Waals surface area (Å²) in [6, 6.07) is 14.4. The van der Waals surface area contributed by atoms with Gasteiger partial charge in [-0.25, -0.2) is 14.6 Å². The monoisotopic (exact) mass is 500 g/mol. The fourth-order valence-corrected chi connectivity index (χ4v) is 4.44. The second kappa shape index (κ2) is 11.7. The summed E-state index contributed by atoms with van der Waals surface area (Å²) < 4.78 is 2.08. The maximum Gasteiger partial charge on any atom is 0.336 e. The van der Waals surface area contributed by atoms with Crippen LogP contribution in [-0.4, -0.2) is 44.0 Å². The van der Waals surface area contributed by atoms with Crippen molar-refractivity contribution >= 4 is 24.0 Å². The molecule has 4 rings (SSSR count). The van der Waals surface area contributed by atoms with E-state index >= 15 is 0 Å². The first-order valence-corrected chi connectivity index (χ1v) is 12.7. The molecule has 2 heterocycles. The third kappa shape index (κ3) is 5.80. The molecule has 3 aromatic rings. The molecule has 1 saturated heterocycles. The van der Waals surface area contributed by atoms with Gasteiger partial charge in [-0.2, -0.15) is 0 Å². The number of rotatable bonds is 11. The zero-order valence-corrected chi connectivity index (χ0v) is 21.2. The lowest BCUT2D eigenvalue weighted by Crippen LogP contribution is -2.28. The van der Waals surface area contributed by atoms with E-state index in [-0.39, 0.29) is 11.6 Å². The molecule has 3 amide bonds. The normalized spacial score (nSPS) is 14.4. The van der Waals surface area contributed by atoms with Crippen molar-refractivity contribution < 1.29 is 19.5 Å². The van der Waals surface area contributed by atoms with Gasteiger partial charge in [0.1, 0.15) is 11.5 Å². The topological polar surface area (TPSA) is 105 Å². The van der Waals surface area contributed by atoms with Crippen LogP contribution in [-0.2, 0) is 17.8 Å². The Morgan fingerprint density at radius 3 is 2.46 bits per heavy atom. The molecule has 0 saturated carbocycles. The van der Waals surface area contributed by atoms with Crippen molar-refractivity contribution in [3.63, 3.8) is 0 Å². The summed E-state index contributed by atoms with van der Waals surface area (Å²) in [7, 11) is 0. The van der Waals surface area contributed by atoms with E-state index in [4.69, 9.17) is 0 Å². The fraction of sp³-hybridized carbons (Fsp3) is 0.310. The minimum atomic E-state index is -0.959. The third-order valence-corrected chi connectivity index (χ3v) is 6.50. The molecule has 1 aromatic heterocycles. The molecular weight excluding hydrogens is 468 g/mol. The highest BCUT2D eigenvalue weighted by Crippen LogP contribution is 2.25. The number of urea groups is 1. The molecule has 2 N–H and O–H groups in total. The maximum absolute atomic E-state index is 12.5. The van der Waals surface area contributed by atoms with Crippen molar-refractivity contribution in [3.05, 3.63) is 83.1 Å². The summed E-state index contributed by atoms with van der Waals surface area (Å²) in [6.45, 7) is 5.18. The lowest BCUT2D eigenvalue weighted by molar-refractivity contribution is -0.116. The Labute approximate surface area is 216 Å². The predicted molar refractivity (Wildman–Crippen MR) is 142 cm³/mol. The number of amides is 3. The van der Waals surface area contributed by atoms with Gasteiger partial charge in [0.15, 0.2) is 0 Å². The van der Waals surface area contributed by atoms with Crippen molar-refractivity contribution in [2.45, 2.75) is 52.5 Å². The van der Waals surface area contributed by atoms with Crippen LogP contribution in [0, 0.1) is 0 Å². The molecule has 2 aromatic carbocycles. The summed E-state index contributed by atoms with van der Waals surface area (Å²) >= 11 is 0. The number of hydrogen-bond donors (Lipinski definition) is 2. The molecule has 0 bridgehead atoms. The van der Waals surface area contributed by atoms with E-state index in [1.807, 2.05) is 37.3 Å². The SMILES string of the molecule is CCCCc1ncc(/C=C2\C(=O)NC(=O)N2CCCC)n1Cc1ccc(-c2ccccc2C(=O)O)cc1. The van der Waals surface area contributed by atoms with Crippen LogP contribution in [0.3, 0.4) is 0 Å². The van der Waals surface area contributed by atoms with Gasteiger partial charge < -0.3 is 9.67 Å². The van der Waals surface area contributed by atoms with Gasteiger partial charge >= 0.3 is 12.0 Å². The average Bonchev–Trinajstić information content (AvgIpc) is 3.40. The van der Waals surface area contributed by atoms with Gasteiger partial charge in [0, 0.05) is 19.5 Å². The molecule has 192 valence electrons. The number of nitrogens with zero attached hydrogens (tertiary/aromatic N) is 3. The van der Waals surface area contributed by atoms with Crippen molar-refractivity contribution in [1.82, 2.24) is 19.8 Å². The van der Waals surface area contributed by atoms with Gasteiger partial charge in [0.2, 0.25) is 0 Å². The molecule has 1 fully saturated rings. The number of carboxylic acids is 1. The van der Waals surface area contributed by atoms with E-state index in [0.717, 1.165) is 54.7 Å². The standard InChI is InChI=1S/C29H32N4O4/c1-3-5-11-26-30-18-22(17-25-27(34)31-29(37)32(25)16-6-4-2)33(26)19-20-12-14-21(15-13-20)23-9-7-8-10-24(23)28(35)36/h7-10,12-15,17-18H,3-6,11,16,19H2,1-2H3,(H,35,36)(H,31,34,37)/b25-17+. The number of aryl methyl sites for hydroxylation is 1. The van der Waals surface area contributed by atoms with Gasteiger partial charge in [-0.05, 0) is 41.7 Å². The van der Waals surface area contributed by atoms with E-state index in [0.29, 0.717) is 24.4 Å². The molecule has 0 aliphatic carbocycles. The Morgan fingerprint density at radius 1 is 1.03 bits per heavy atom. The fourth-order valence-electron chi connectivity index (χ4n) is 4.44. The summed E-state index contributed by atoms with van der Waals surface area (Å²) in [6.07, 6.45) is 8.03. The smallest absolute Gasteiger partial charge is 0.336 e. The number of unbranched alkanes of at least 4 members (excludes halogenated alkanes) is 2. The lowest BCUT2D eigenvalue weighted by atomic mass is 9.99. The zero-order chi connectivity index (χ0) is 26.4. The minimum Gasteiger partial charge on any atom is -0.478 e. The largest absolute Gasteiger partial charge is 0.478 e. The van der Waals surface area contributed by atoms with Crippen LogP contribution < -0.4 is 5.32 Å². The van der Waals surface area contributed by atoms with Crippen LogP contribution in [0.5, 0.6) is 0 Å². The molecule has 1 aliphatic rings. The van der Waals surface area contributed by atoms with Crippen molar-refractivity contribution in [2.24, 2.45) is 0 Å². The number of carbonyl (C=O) groups excluding carboxylic acids is 2. The number of aromatic nitrogens is 2. The van der Waals surface area contributed by atoms with E-state index < -0.39 is 11.9 Å². The van der Waals surface area contributed by atoms with Gasteiger partial charge in [0.25, 0.3) is 5.91 Å². The van der Waals surface area contributed by atoms with E-state index in [1.54, 1.807) is 30.5 Å². The maximum atomic E-state index is 12.5. The Bertz CT molecular complexity index is 1320. The third-order valence-electron chi connectivity index (χ3n) is 6.50. The number of benzene rings is 2. The Morgan fingerprint density at radius 2 is 1.76 bits per heavy atom. The number of imide groups is 1. The van der Waals surface area contributed by atoms with Crippen LogP contribution in [0.1, 0.15) is 67.0 Å². The first-order valence-electron chi connectivity index (χ1n) is 12.7. The summed E-state index contributed by atoms with van der Waals surface area (Å²) in [5.41, 5.74) is 3.87. The molecule has 1 aliphatic heterocycles. The average molecular weight is 501 g/mol. The number of imidazole rings is 1. The van der Waals surface area contributed by atoms with Crippen molar-refractivity contribution in [3.8, 4) is 11.1 Å². The Kier molecular flexibility index (Phi) is 8.18. The van der Waals surface area contributed by atoms with Gasteiger partial charge in [-0.3, -0.25) is 15.0 Å². The Hall–Kier alpha value is -4.20. The molecule has 0 spiro atoms. The van der Waals surface area contributed by atoms with Crippen LogP contribution in [0.25, 0.3) is 17.2 Å². The first kappa shape index (κ1) is 25.9. The van der Waals surface area contributed by atoms with E-state index in [1.165, 1.54) is 4.90 Å². The van der Waals surface area contributed by atoms with E-state index in [2.05, 4.69) is 21.8 Å². The van der Waals surface area contributed by atoms with Gasteiger partial charge in [-0.1, -0.05) is 69.2 Å². The predicted octanol–water partition coefficient (Wildman–Crippen LogP) is 5.33. The lowest BCUT2D eigenvalue weighted by Gasteiger charge is -2.16. The zero-order valence-electron chi connectivity index (χ0n) is 21.2. The highest BCUT2D eigenvalue weighted by Gasteiger charge is 2.32. The minimum absolute atomic E-state index is 0.262. The molecule has 8 heteroatoms. The first-order chi connectivity index (χ1) is 17.9. The van der Waals surface area contributed by atoms with E-state index in [9.17, 15) is 19.5 Å². The summed E-state index contributed by atoms with van der Waals surface area (Å²) in [5.74, 6) is -0.442. The number of aromatic carboxylic acids is 1. The molecular formula is C29H32N4O4. The Balaban J connectivity index is 1.65. The number of carbonyl (C=O) groups is 3. The van der Waals surface area contributed by atoms with Crippen LogP contribution in [0.2, 0.25) is 0 Å².